The predicted molar refractivity (Wildman–Crippen MR) is 100 cm³/mol. The number of carbonyl (C=O) groups is 2. The molecule has 3 aromatic rings. The molecule has 0 unspecified atom stereocenters. The van der Waals surface area contributed by atoms with Crippen molar-refractivity contribution in [1.82, 2.24) is 0 Å². The molecular weight excluding hydrogens is 328 g/mol. The summed E-state index contributed by atoms with van der Waals surface area (Å²) in [6.07, 6.45) is 0. The molecule has 0 amide bonds. The molecule has 1 N–H and O–H groups in total. The first kappa shape index (κ1) is 18.9. The summed E-state index contributed by atoms with van der Waals surface area (Å²) in [6, 6.07) is 27.4. The van der Waals surface area contributed by atoms with Crippen LogP contribution in [0.25, 0.3) is 0 Å². The first-order chi connectivity index (χ1) is 12.6. The van der Waals surface area contributed by atoms with Gasteiger partial charge in [-0.1, -0.05) is 78.9 Å². The van der Waals surface area contributed by atoms with Gasteiger partial charge >= 0.3 is 11.9 Å². The van der Waals surface area contributed by atoms with Crippen LogP contribution in [0.1, 0.15) is 27.4 Å². The Hall–Kier alpha value is -3.40. The molecule has 0 saturated heterocycles. The normalized spacial score (nSPS) is 9.77. The van der Waals surface area contributed by atoms with Crippen LogP contribution in [-0.2, 0) is 9.53 Å². The number of esters is 1. The third-order valence-electron chi connectivity index (χ3n) is 3.71. The van der Waals surface area contributed by atoms with E-state index >= 15 is 0 Å². The molecule has 3 rings (SSSR count). The summed E-state index contributed by atoms with van der Waals surface area (Å²) in [4.78, 5) is 22.1. The largest absolute Gasteiger partial charge is 0.481 e. The van der Waals surface area contributed by atoms with Gasteiger partial charge in [0.05, 0.1) is 12.7 Å². The molecule has 132 valence electrons. The molecule has 0 heterocycles. The van der Waals surface area contributed by atoms with Crippen molar-refractivity contribution < 1.29 is 19.4 Å². The van der Waals surface area contributed by atoms with Crippen molar-refractivity contribution in [3.8, 4) is 0 Å². The van der Waals surface area contributed by atoms with E-state index in [1.165, 1.54) is 7.11 Å². The second-order valence-corrected chi connectivity index (χ2v) is 5.45. The van der Waals surface area contributed by atoms with Gasteiger partial charge in [0, 0.05) is 0 Å². The highest BCUT2D eigenvalue weighted by atomic mass is 16.5. The lowest BCUT2D eigenvalue weighted by atomic mass is 9.92. The molecule has 0 aliphatic rings. The van der Waals surface area contributed by atoms with Crippen molar-refractivity contribution in [3.05, 3.63) is 108 Å². The number of carboxylic acids is 1. The fourth-order valence-corrected chi connectivity index (χ4v) is 2.46. The first-order valence-corrected chi connectivity index (χ1v) is 8.09. The molecule has 4 heteroatoms. The monoisotopic (exact) mass is 348 g/mol. The van der Waals surface area contributed by atoms with Gasteiger partial charge in [0.1, 0.15) is 5.92 Å². The second kappa shape index (κ2) is 9.79. The van der Waals surface area contributed by atoms with E-state index in [1.807, 2.05) is 66.7 Å². The number of aliphatic carboxylic acids is 1. The number of carboxylic acid groups (broad SMARTS) is 1. The Morgan fingerprint density at radius 3 is 1.46 bits per heavy atom. The minimum Gasteiger partial charge on any atom is -0.481 e. The Morgan fingerprint density at radius 1 is 0.731 bits per heavy atom. The molecule has 0 aliphatic carbocycles. The van der Waals surface area contributed by atoms with Crippen molar-refractivity contribution in [2.75, 3.05) is 7.11 Å². The van der Waals surface area contributed by atoms with Gasteiger partial charge in [-0.15, -0.1) is 0 Å². The fourth-order valence-electron chi connectivity index (χ4n) is 2.46. The summed E-state index contributed by atoms with van der Waals surface area (Å²) in [5.41, 5.74) is 2.20. The van der Waals surface area contributed by atoms with Crippen LogP contribution >= 0.6 is 0 Å². The SMILES string of the molecule is COC(=O)c1ccccc1.O=C(O)C(c1ccccc1)c1ccccc1. The fraction of sp³-hybridized carbons (Fsp3) is 0.0909. The van der Waals surface area contributed by atoms with E-state index in [1.54, 1.807) is 24.3 Å². The lowest BCUT2D eigenvalue weighted by Gasteiger charge is -2.12. The van der Waals surface area contributed by atoms with E-state index in [4.69, 9.17) is 0 Å². The van der Waals surface area contributed by atoms with Crippen LogP contribution in [0.5, 0.6) is 0 Å². The third kappa shape index (κ3) is 5.31. The zero-order valence-electron chi connectivity index (χ0n) is 14.4. The summed E-state index contributed by atoms with van der Waals surface area (Å²) in [5, 5.41) is 9.28. The Kier molecular flexibility index (Phi) is 7.13. The number of hydrogen-bond acceptors (Lipinski definition) is 3. The molecule has 0 atom stereocenters. The van der Waals surface area contributed by atoms with E-state index in [0.29, 0.717) is 5.56 Å². The summed E-state index contributed by atoms with van der Waals surface area (Å²) in [7, 11) is 1.37. The van der Waals surface area contributed by atoms with Crippen molar-refractivity contribution in [1.29, 1.82) is 0 Å². The minimum atomic E-state index is -0.822. The Labute approximate surface area is 152 Å². The molecule has 4 nitrogen and oxygen atoms in total. The second-order valence-electron chi connectivity index (χ2n) is 5.45. The smallest absolute Gasteiger partial charge is 0.337 e. The van der Waals surface area contributed by atoms with Crippen LogP contribution in [0.2, 0.25) is 0 Å². The van der Waals surface area contributed by atoms with E-state index in [9.17, 15) is 14.7 Å². The maximum atomic E-state index is 11.3. The topological polar surface area (TPSA) is 63.6 Å². The standard InChI is InChI=1S/C14H12O2.C8H8O2/c15-14(16)13(11-7-3-1-4-8-11)12-9-5-2-6-10-12;1-10-8(9)7-5-3-2-4-6-7/h1-10,13H,(H,15,16);2-6H,1H3. The van der Waals surface area contributed by atoms with Gasteiger partial charge in [-0.25, -0.2) is 4.79 Å². The van der Waals surface area contributed by atoms with E-state index in [-0.39, 0.29) is 5.97 Å². The summed E-state index contributed by atoms with van der Waals surface area (Å²) >= 11 is 0. The van der Waals surface area contributed by atoms with E-state index in [2.05, 4.69) is 4.74 Å². The maximum absolute atomic E-state index is 11.3. The van der Waals surface area contributed by atoms with Gasteiger partial charge in [-0.2, -0.15) is 0 Å². The van der Waals surface area contributed by atoms with Crippen LogP contribution < -0.4 is 0 Å². The third-order valence-corrected chi connectivity index (χ3v) is 3.71. The average Bonchev–Trinajstić information content (AvgIpc) is 2.70. The van der Waals surface area contributed by atoms with Crippen LogP contribution in [0.4, 0.5) is 0 Å². The van der Waals surface area contributed by atoms with Gasteiger partial charge < -0.3 is 9.84 Å². The van der Waals surface area contributed by atoms with Gasteiger partial charge in [0.15, 0.2) is 0 Å². The quantitative estimate of drug-likeness (QED) is 0.711. The molecule has 0 saturated carbocycles. The van der Waals surface area contributed by atoms with Crippen molar-refractivity contribution in [2.45, 2.75) is 5.92 Å². The molecule has 26 heavy (non-hydrogen) atoms. The number of benzene rings is 3. The van der Waals surface area contributed by atoms with Crippen LogP contribution in [-0.4, -0.2) is 24.2 Å². The molecule has 0 radical (unpaired) electrons. The number of methoxy groups -OCH3 is 1. The highest BCUT2D eigenvalue weighted by Gasteiger charge is 2.21. The summed E-state index contributed by atoms with van der Waals surface area (Å²) < 4.78 is 4.50. The van der Waals surface area contributed by atoms with Crippen molar-refractivity contribution in [2.24, 2.45) is 0 Å². The highest BCUT2D eigenvalue weighted by Crippen LogP contribution is 2.24. The summed E-state index contributed by atoms with van der Waals surface area (Å²) in [6.45, 7) is 0. The minimum absolute atomic E-state index is 0.291. The molecule has 0 fully saturated rings. The Balaban J connectivity index is 0.000000209. The van der Waals surface area contributed by atoms with Gasteiger partial charge in [-0.05, 0) is 23.3 Å². The van der Waals surface area contributed by atoms with Crippen molar-refractivity contribution >= 4 is 11.9 Å². The van der Waals surface area contributed by atoms with E-state index in [0.717, 1.165) is 11.1 Å². The predicted octanol–water partition coefficient (Wildman–Crippen LogP) is 4.38. The van der Waals surface area contributed by atoms with Crippen LogP contribution in [0.3, 0.4) is 0 Å². The highest BCUT2D eigenvalue weighted by molar-refractivity contribution is 5.89. The lowest BCUT2D eigenvalue weighted by molar-refractivity contribution is -0.137. The van der Waals surface area contributed by atoms with Gasteiger partial charge in [0.25, 0.3) is 0 Å². The number of carbonyl (C=O) groups excluding carboxylic acids is 1. The van der Waals surface area contributed by atoms with Gasteiger partial charge in [0.2, 0.25) is 0 Å². The molecule has 0 aromatic heterocycles. The lowest BCUT2D eigenvalue weighted by Crippen LogP contribution is -2.12. The molecule has 0 aliphatic heterocycles. The van der Waals surface area contributed by atoms with Crippen molar-refractivity contribution in [3.63, 3.8) is 0 Å². The zero-order chi connectivity index (χ0) is 18.8. The number of hydrogen-bond donors (Lipinski definition) is 1. The van der Waals surface area contributed by atoms with Crippen LogP contribution in [0.15, 0.2) is 91.0 Å². The van der Waals surface area contributed by atoms with Gasteiger partial charge in [-0.3, -0.25) is 4.79 Å². The summed E-state index contributed by atoms with van der Waals surface area (Å²) in [5.74, 6) is -1.69. The Morgan fingerprint density at radius 2 is 1.12 bits per heavy atom. The molecule has 0 bridgehead atoms. The Bertz CT molecular complexity index is 775. The number of ether oxygens (including phenoxy) is 1. The molecule has 3 aromatic carbocycles. The maximum Gasteiger partial charge on any atom is 0.337 e. The zero-order valence-corrected chi connectivity index (χ0v) is 14.4. The molecular formula is C22H20O4. The molecule has 0 spiro atoms. The first-order valence-electron chi connectivity index (χ1n) is 8.09. The average molecular weight is 348 g/mol. The van der Waals surface area contributed by atoms with E-state index < -0.39 is 11.9 Å². The van der Waals surface area contributed by atoms with Crippen LogP contribution in [0, 0.1) is 0 Å². The number of rotatable bonds is 4.